The van der Waals surface area contributed by atoms with Crippen LogP contribution < -0.4 is 10.1 Å². The predicted octanol–water partition coefficient (Wildman–Crippen LogP) is 1.93. The molecule has 1 atom stereocenters. The molecule has 0 saturated heterocycles. The van der Waals surface area contributed by atoms with Crippen molar-refractivity contribution < 1.29 is 19.4 Å². The molecule has 0 bridgehead atoms. The van der Waals surface area contributed by atoms with Crippen LogP contribution in [-0.4, -0.2) is 37.4 Å². The highest BCUT2D eigenvalue weighted by Gasteiger charge is 2.14. The molecule has 106 valence electrons. The molecule has 19 heavy (non-hydrogen) atoms. The van der Waals surface area contributed by atoms with Gasteiger partial charge in [-0.2, -0.15) is 0 Å². The zero-order valence-corrected chi connectivity index (χ0v) is 11.7. The van der Waals surface area contributed by atoms with Crippen LogP contribution in [-0.2, 0) is 16.1 Å². The summed E-state index contributed by atoms with van der Waals surface area (Å²) in [5.74, 6) is -0.488. The van der Waals surface area contributed by atoms with Crippen LogP contribution in [0.5, 0.6) is 5.75 Å². The summed E-state index contributed by atoms with van der Waals surface area (Å²) in [6, 6.07) is 5.10. The van der Waals surface area contributed by atoms with Gasteiger partial charge in [0, 0.05) is 30.8 Å². The molecule has 1 unspecified atom stereocenters. The van der Waals surface area contributed by atoms with Gasteiger partial charge in [0.2, 0.25) is 0 Å². The first kappa shape index (κ1) is 15.8. The Labute approximate surface area is 117 Å². The van der Waals surface area contributed by atoms with Crippen LogP contribution in [0.25, 0.3) is 0 Å². The van der Waals surface area contributed by atoms with Gasteiger partial charge in [0.05, 0.1) is 6.61 Å². The number of carbonyl (C=O) groups is 1. The molecule has 1 aromatic carbocycles. The number of aliphatic carboxylic acids is 1. The van der Waals surface area contributed by atoms with Crippen LogP contribution >= 0.6 is 11.6 Å². The minimum Gasteiger partial charge on any atom is -0.479 e. The van der Waals surface area contributed by atoms with Crippen molar-refractivity contribution in [1.29, 1.82) is 0 Å². The second kappa shape index (κ2) is 7.99. The summed E-state index contributed by atoms with van der Waals surface area (Å²) in [4.78, 5) is 10.8. The monoisotopic (exact) mass is 287 g/mol. The van der Waals surface area contributed by atoms with Gasteiger partial charge in [-0.15, -0.1) is 0 Å². The molecule has 1 rings (SSSR count). The van der Waals surface area contributed by atoms with E-state index in [1.54, 1.807) is 25.3 Å². The third-order valence-corrected chi connectivity index (χ3v) is 2.71. The van der Waals surface area contributed by atoms with Gasteiger partial charge in [-0.1, -0.05) is 11.6 Å². The molecule has 0 aliphatic rings. The summed E-state index contributed by atoms with van der Waals surface area (Å²) in [7, 11) is 1.63. The molecule has 0 radical (unpaired) electrons. The Kier molecular flexibility index (Phi) is 6.62. The summed E-state index contributed by atoms with van der Waals surface area (Å²) in [5.41, 5.74) is 0.816. The SMILES string of the molecule is COCCNCc1cc(Cl)ccc1OC(C)C(=O)O. The summed E-state index contributed by atoms with van der Waals surface area (Å²) < 4.78 is 10.3. The number of carboxylic acid groups (broad SMARTS) is 1. The molecular formula is C13H18ClNO4. The van der Waals surface area contributed by atoms with Crippen molar-refractivity contribution in [3.05, 3.63) is 28.8 Å². The van der Waals surface area contributed by atoms with Crippen molar-refractivity contribution in [3.8, 4) is 5.75 Å². The molecule has 0 aromatic heterocycles. The minimum atomic E-state index is -1.01. The topological polar surface area (TPSA) is 67.8 Å². The van der Waals surface area contributed by atoms with E-state index in [0.717, 1.165) is 5.56 Å². The lowest BCUT2D eigenvalue weighted by Gasteiger charge is -2.15. The first-order valence-corrected chi connectivity index (χ1v) is 6.30. The lowest BCUT2D eigenvalue weighted by molar-refractivity contribution is -0.144. The lowest BCUT2D eigenvalue weighted by atomic mass is 10.2. The van der Waals surface area contributed by atoms with E-state index in [-0.39, 0.29) is 0 Å². The number of carboxylic acids is 1. The van der Waals surface area contributed by atoms with Crippen LogP contribution in [0.15, 0.2) is 18.2 Å². The lowest BCUT2D eigenvalue weighted by Crippen LogP contribution is -2.24. The van der Waals surface area contributed by atoms with Crippen LogP contribution in [0, 0.1) is 0 Å². The molecule has 2 N–H and O–H groups in total. The second-order valence-electron chi connectivity index (χ2n) is 4.02. The first-order chi connectivity index (χ1) is 9.04. The molecule has 5 nitrogen and oxygen atoms in total. The standard InChI is InChI=1S/C13H18ClNO4/c1-9(13(16)17)19-12-4-3-11(14)7-10(12)8-15-5-6-18-2/h3-4,7,9,15H,5-6,8H2,1-2H3,(H,16,17). The third-order valence-electron chi connectivity index (χ3n) is 2.47. The summed E-state index contributed by atoms with van der Waals surface area (Å²) >= 11 is 5.93. The van der Waals surface area contributed by atoms with Gasteiger partial charge in [-0.25, -0.2) is 4.79 Å². The second-order valence-corrected chi connectivity index (χ2v) is 4.46. The number of methoxy groups -OCH3 is 1. The van der Waals surface area contributed by atoms with Crippen molar-refractivity contribution in [2.75, 3.05) is 20.3 Å². The molecule has 0 spiro atoms. The van der Waals surface area contributed by atoms with E-state index in [2.05, 4.69) is 5.32 Å². The quantitative estimate of drug-likeness (QED) is 0.715. The van der Waals surface area contributed by atoms with Crippen LogP contribution in [0.3, 0.4) is 0 Å². The highest BCUT2D eigenvalue weighted by Crippen LogP contribution is 2.23. The Hall–Kier alpha value is -1.30. The average molecular weight is 288 g/mol. The highest BCUT2D eigenvalue weighted by atomic mass is 35.5. The smallest absolute Gasteiger partial charge is 0.344 e. The fourth-order valence-electron chi connectivity index (χ4n) is 1.44. The van der Waals surface area contributed by atoms with E-state index in [9.17, 15) is 4.79 Å². The summed E-state index contributed by atoms with van der Waals surface area (Å²) in [6.45, 7) is 3.31. The fourth-order valence-corrected chi connectivity index (χ4v) is 1.63. The van der Waals surface area contributed by atoms with Gasteiger partial charge in [0.25, 0.3) is 0 Å². The maximum absolute atomic E-state index is 10.8. The maximum atomic E-state index is 10.8. The molecule has 0 aliphatic carbocycles. The van der Waals surface area contributed by atoms with E-state index >= 15 is 0 Å². The average Bonchev–Trinajstić information content (AvgIpc) is 2.37. The van der Waals surface area contributed by atoms with Crippen molar-refractivity contribution in [2.24, 2.45) is 0 Å². The third kappa shape index (κ3) is 5.46. The number of ether oxygens (including phenoxy) is 2. The maximum Gasteiger partial charge on any atom is 0.344 e. The normalized spacial score (nSPS) is 12.2. The van der Waals surface area contributed by atoms with E-state index in [4.69, 9.17) is 26.2 Å². The Balaban J connectivity index is 2.71. The van der Waals surface area contributed by atoms with Gasteiger partial charge >= 0.3 is 5.97 Å². The number of nitrogens with one attached hydrogen (secondary N) is 1. The van der Waals surface area contributed by atoms with E-state index < -0.39 is 12.1 Å². The van der Waals surface area contributed by atoms with Crippen LogP contribution in [0.1, 0.15) is 12.5 Å². The molecule has 0 saturated carbocycles. The molecule has 0 heterocycles. The predicted molar refractivity (Wildman–Crippen MR) is 72.8 cm³/mol. The zero-order valence-electron chi connectivity index (χ0n) is 11.0. The minimum absolute atomic E-state index is 0.518. The number of hydrogen-bond donors (Lipinski definition) is 2. The van der Waals surface area contributed by atoms with Gasteiger partial charge in [0.15, 0.2) is 6.10 Å². The Morgan fingerprint density at radius 3 is 2.89 bits per heavy atom. The number of benzene rings is 1. The number of halogens is 1. The Morgan fingerprint density at radius 2 is 2.26 bits per heavy atom. The largest absolute Gasteiger partial charge is 0.479 e. The molecule has 0 fully saturated rings. The van der Waals surface area contributed by atoms with Crippen molar-refractivity contribution >= 4 is 17.6 Å². The van der Waals surface area contributed by atoms with Crippen molar-refractivity contribution in [2.45, 2.75) is 19.6 Å². The molecule has 0 amide bonds. The molecule has 6 heteroatoms. The Morgan fingerprint density at radius 1 is 1.53 bits per heavy atom. The molecule has 0 aliphatic heterocycles. The molecular weight excluding hydrogens is 270 g/mol. The summed E-state index contributed by atoms with van der Waals surface area (Å²) in [6.07, 6.45) is -0.904. The van der Waals surface area contributed by atoms with Gasteiger partial charge in [-0.3, -0.25) is 0 Å². The van der Waals surface area contributed by atoms with Crippen molar-refractivity contribution in [3.63, 3.8) is 0 Å². The molecule has 1 aromatic rings. The van der Waals surface area contributed by atoms with Gasteiger partial charge in [0.1, 0.15) is 5.75 Å². The van der Waals surface area contributed by atoms with E-state index in [1.165, 1.54) is 6.92 Å². The van der Waals surface area contributed by atoms with Crippen molar-refractivity contribution in [1.82, 2.24) is 5.32 Å². The highest BCUT2D eigenvalue weighted by molar-refractivity contribution is 6.30. The van der Waals surface area contributed by atoms with Gasteiger partial charge < -0.3 is 19.9 Å². The fraction of sp³-hybridized carbons (Fsp3) is 0.462. The first-order valence-electron chi connectivity index (χ1n) is 5.92. The number of hydrogen-bond acceptors (Lipinski definition) is 4. The zero-order chi connectivity index (χ0) is 14.3. The van der Waals surface area contributed by atoms with Crippen LogP contribution in [0.4, 0.5) is 0 Å². The Bertz CT molecular complexity index is 425. The van der Waals surface area contributed by atoms with E-state index in [1.807, 2.05) is 0 Å². The number of rotatable bonds is 8. The summed E-state index contributed by atoms with van der Waals surface area (Å²) in [5, 5.41) is 12.6. The van der Waals surface area contributed by atoms with Gasteiger partial charge in [-0.05, 0) is 25.1 Å². The van der Waals surface area contributed by atoms with E-state index in [0.29, 0.717) is 30.5 Å². The van der Waals surface area contributed by atoms with Crippen LogP contribution in [0.2, 0.25) is 5.02 Å².